The van der Waals surface area contributed by atoms with E-state index in [1.165, 1.54) is 4.88 Å². The number of carboxylic acids is 1. The van der Waals surface area contributed by atoms with Gasteiger partial charge in [0.15, 0.2) is 0 Å². The molecule has 1 atom stereocenters. The van der Waals surface area contributed by atoms with Crippen LogP contribution in [-0.2, 0) is 11.3 Å². The van der Waals surface area contributed by atoms with Crippen molar-refractivity contribution in [2.24, 2.45) is 5.73 Å². The van der Waals surface area contributed by atoms with Crippen LogP contribution in [0.2, 0.25) is 0 Å². The number of carbonyl (C=O) groups is 1. The molecule has 0 radical (unpaired) electrons. The molecular formula is C9H14N2O2S. The van der Waals surface area contributed by atoms with Crippen molar-refractivity contribution in [2.45, 2.75) is 12.6 Å². The first-order valence-electron chi connectivity index (χ1n) is 4.29. The number of aliphatic carboxylic acids is 1. The fourth-order valence-corrected chi connectivity index (χ4v) is 1.93. The average Bonchev–Trinajstić information content (AvgIpc) is 2.56. The molecule has 0 aliphatic heterocycles. The SMILES string of the molecule is CN(Cc1cccs1)CC(N)C(=O)O. The molecule has 0 amide bonds. The van der Waals surface area contributed by atoms with Gasteiger partial charge >= 0.3 is 5.97 Å². The van der Waals surface area contributed by atoms with E-state index in [1.54, 1.807) is 11.3 Å². The molecule has 0 aromatic carbocycles. The molecule has 0 saturated heterocycles. The van der Waals surface area contributed by atoms with Gasteiger partial charge in [0.1, 0.15) is 6.04 Å². The second-order valence-corrected chi connectivity index (χ2v) is 4.25. The highest BCUT2D eigenvalue weighted by Gasteiger charge is 2.13. The minimum absolute atomic E-state index is 0.368. The average molecular weight is 214 g/mol. The third-order valence-corrected chi connectivity index (χ3v) is 2.69. The number of carboxylic acid groups (broad SMARTS) is 1. The topological polar surface area (TPSA) is 66.6 Å². The molecule has 4 nitrogen and oxygen atoms in total. The Morgan fingerprint density at radius 2 is 2.50 bits per heavy atom. The van der Waals surface area contributed by atoms with E-state index in [1.807, 2.05) is 29.5 Å². The maximum Gasteiger partial charge on any atom is 0.321 e. The van der Waals surface area contributed by atoms with Crippen molar-refractivity contribution in [2.75, 3.05) is 13.6 Å². The lowest BCUT2D eigenvalue weighted by molar-refractivity contribution is -0.138. The van der Waals surface area contributed by atoms with E-state index >= 15 is 0 Å². The lowest BCUT2D eigenvalue weighted by atomic mass is 10.3. The summed E-state index contributed by atoms with van der Waals surface area (Å²) in [5.41, 5.74) is 5.41. The lowest BCUT2D eigenvalue weighted by Crippen LogP contribution is -2.40. The smallest absolute Gasteiger partial charge is 0.321 e. The largest absolute Gasteiger partial charge is 0.480 e. The predicted molar refractivity (Wildman–Crippen MR) is 56.3 cm³/mol. The molecule has 0 bridgehead atoms. The van der Waals surface area contributed by atoms with Crippen molar-refractivity contribution in [3.05, 3.63) is 22.4 Å². The van der Waals surface area contributed by atoms with Crippen LogP contribution in [0, 0.1) is 0 Å². The van der Waals surface area contributed by atoms with E-state index in [9.17, 15) is 4.79 Å². The van der Waals surface area contributed by atoms with Crippen LogP contribution in [0.4, 0.5) is 0 Å². The van der Waals surface area contributed by atoms with Gasteiger partial charge in [-0.05, 0) is 18.5 Å². The van der Waals surface area contributed by atoms with Gasteiger partial charge in [0.2, 0.25) is 0 Å². The van der Waals surface area contributed by atoms with E-state index in [4.69, 9.17) is 10.8 Å². The Hall–Kier alpha value is -0.910. The van der Waals surface area contributed by atoms with Gasteiger partial charge in [-0.15, -0.1) is 11.3 Å². The number of likely N-dealkylation sites (N-methyl/N-ethyl adjacent to an activating group) is 1. The Morgan fingerprint density at radius 3 is 3.00 bits per heavy atom. The number of hydrogen-bond acceptors (Lipinski definition) is 4. The Labute approximate surface area is 87.0 Å². The highest BCUT2D eigenvalue weighted by atomic mass is 32.1. The van der Waals surface area contributed by atoms with Crippen molar-refractivity contribution < 1.29 is 9.90 Å². The number of nitrogens with zero attached hydrogens (tertiary/aromatic N) is 1. The Balaban J connectivity index is 2.36. The zero-order valence-electron chi connectivity index (χ0n) is 8.01. The van der Waals surface area contributed by atoms with E-state index in [-0.39, 0.29) is 0 Å². The highest BCUT2D eigenvalue weighted by Crippen LogP contribution is 2.10. The van der Waals surface area contributed by atoms with Crippen LogP contribution < -0.4 is 5.73 Å². The standard InChI is InChI=1S/C9H14N2O2S/c1-11(6-8(10)9(12)13)5-7-3-2-4-14-7/h2-4,8H,5-6,10H2,1H3,(H,12,13). The minimum atomic E-state index is -0.956. The first-order valence-corrected chi connectivity index (χ1v) is 5.17. The van der Waals surface area contributed by atoms with Gasteiger partial charge in [-0.3, -0.25) is 9.69 Å². The minimum Gasteiger partial charge on any atom is -0.480 e. The summed E-state index contributed by atoms with van der Waals surface area (Å²) in [5, 5.41) is 10.6. The van der Waals surface area contributed by atoms with Gasteiger partial charge in [-0.25, -0.2) is 0 Å². The number of rotatable bonds is 5. The summed E-state index contributed by atoms with van der Waals surface area (Å²) in [4.78, 5) is 13.6. The molecule has 1 aromatic heterocycles. The Morgan fingerprint density at radius 1 is 1.79 bits per heavy atom. The van der Waals surface area contributed by atoms with Gasteiger partial charge in [0.25, 0.3) is 0 Å². The van der Waals surface area contributed by atoms with Crippen molar-refractivity contribution in [3.8, 4) is 0 Å². The molecule has 0 aliphatic carbocycles. The fourth-order valence-electron chi connectivity index (χ4n) is 1.15. The number of thiophene rings is 1. The first-order chi connectivity index (χ1) is 6.59. The molecule has 78 valence electrons. The molecule has 14 heavy (non-hydrogen) atoms. The lowest BCUT2D eigenvalue weighted by Gasteiger charge is -2.17. The maximum absolute atomic E-state index is 10.5. The predicted octanol–water partition coefficient (Wildman–Crippen LogP) is 0.592. The monoisotopic (exact) mass is 214 g/mol. The van der Waals surface area contributed by atoms with E-state index in [2.05, 4.69) is 0 Å². The van der Waals surface area contributed by atoms with E-state index < -0.39 is 12.0 Å². The zero-order chi connectivity index (χ0) is 10.6. The molecule has 1 aromatic rings. The number of hydrogen-bond donors (Lipinski definition) is 2. The van der Waals surface area contributed by atoms with Crippen molar-refractivity contribution in [1.29, 1.82) is 0 Å². The van der Waals surface area contributed by atoms with Crippen molar-refractivity contribution in [1.82, 2.24) is 4.90 Å². The molecule has 0 fully saturated rings. The van der Waals surface area contributed by atoms with Crippen molar-refractivity contribution in [3.63, 3.8) is 0 Å². The van der Waals surface area contributed by atoms with E-state index in [0.29, 0.717) is 6.54 Å². The van der Waals surface area contributed by atoms with Gasteiger partial charge in [0.05, 0.1) is 0 Å². The fraction of sp³-hybridized carbons (Fsp3) is 0.444. The Kier molecular flexibility index (Phi) is 4.06. The quantitative estimate of drug-likeness (QED) is 0.753. The van der Waals surface area contributed by atoms with Crippen LogP contribution in [0.1, 0.15) is 4.88 Å². The summed E-state index contributed by atoms with van der Waals surface area (Å²) in [5.74, 6) is -0.956. The molecule has 0 spiro atoms. The summed E-state index contributed by atoms with van der Waals surface area (Å²) in [6, 6.07) is 3.19. The van der Waals surface area contributed by atoms with Crippen LogP contribution in [0.5, 0.6) is 0 Å². The molecule has 3 N–H and O–H groups in total. The molecule has 0 aliphatic rings. The van der Waals surface area contributed by atoms with Crippen LogP contribution >= 0.6 is 11.3 Å². The number of nitrogens with two attached hydrogens (primary N) is 1. The molecule has 1 rings (SSSR count). The third kappa shape index (κ3) is 3.45. The molecule has 1 heterocycles. The second-order valence-electron chi connectivity index (χ2n) is 3.22. The molecule has 5 heteroatoms. The third-order valence-electron chi connectivity index (χ3n) is 1.83. The summed E-state index contributed by atoms with van der Waals surface area (Å²) in [7, 11) is 1.86. The summed E-state index contributed by atoms with van der Waals surface area (Å²) < 4.78 is 0. The first kappa shape index (κ1) is 11.2. The normalized spacial score (nSPS) is 13.1. The van der Waals surface area contributed by atoms with Crippen LogP contribution in [0.3, 0.4) is 0 Å². The summed E-state index contributed by atoms with van der Waals surface area (Å²) >= 11 is 1.66. The molecule has 0 saturated carbocycles. The van der Waals surface area contributed by atoms with Gasteiger partial charge < -0.3 is 10.8 Å². The molecule has 1 unspecified atom stereocenters. The maximum atomic E-state index is 10.5. The van der Waals surface area contributed by atoms with Crippen molar-refractivity contribution >= 4 is 17.3 Å². The van der Waals surface area contributed by atoms with Gasteiger partial charge in [-0.2, -0.15) is 0 Å². The van der Waals surface area contributed by atoms with Crippen LogP contribution in [0.25, 0.3) is 0 Å². The molecular weight excluding hydrogens is 200 g/mol. The van der Waals surface area contributed by atoms with Crippen LogP contribution in [-0.4, -0.2) is 35.6 Å². The van der Waals surface area contributed by atoms with Gasteiger partial charge in [0, 0.05) is 18.0 Å². The highest BCUT2D eigenvalue weighted by molar-refractivity contribution is 7.09. The Bertz CT molecular complexity index is 287. The van der Waals surface area contributed by atoms with Gasteiger partial charge in [-0.1, -0.05) is 6.07 Å². The second kappa shape index (κ2) is 5.09. The van der Waals surface area contributed by atoms with Crippen LogP contribution in [0.15, 0.2) is 17.5 Å². The summed E-state index contributed by atoms with van der Waals surface area (Å²) in [6.45, 7) is 1.12. The summed E-state index contributed by atoms with van der Waals surface area (Å²) in [6.07, 6.45) is 0. The zero-order valence-corrected chi connectivity index (χ0v) is 8.83. The van der Waals surface area contributed by atoms with E-state index in [0.717, 1.165) is 6.54 Å².